The van der Waals surface area contributed by atoms with Crippen molar-refractivity contribution >= 4 is 6.03 Å². The third kappa shape index (κ3) is 1.15. The molecule has 3 nitrogen and oxygen atoms in total. The van der Waals surface area contributed by atoms with Gasteiger partial charge in [0.05, 0.1) is 6.04 Å². The normalized spacial score (nSPS) is 33.8. The predicted molar refractivity (Wildman–Crippen MR) is 35.2 cm³/mol. The van der Waals surface area contributed by atoms with Crippen LogP contribution in [0.1, 0.15) is 20.3 Å². The van der Waals surface area contributed by atoms with Crippen LogP contribution in [-0.4, -0.2) is 18.1 Å². The fraction of sp³-hybridized carbons (Fsp3) is 0.833. The minimum atomic E-state index is -0.0330. The average Bonchev–Trinajstić information content (AvgIpc) is 2.10. The zero-order chi connectivity index (χ0) is 6.85. The van der Waals surface area contributed by atoms with E-state index in [4.69, 9.17) is 0 Å². The first kappa shape index (κ1) is 6.39. The molecular weight excluding hydrogens is 116 g/mol. The minimum Gasteiger partial charge on any atom is -0.334 e. The van der Waals surface area contributed by atoms with Gasteiger partial charge in [-0.2, -0.15) is 0 Å². The van der Waals surface area contributed by atoms with Crippen LogP contribution in [0.2, 0.25) is 0 Å². The highest BCUT2D eigenvalue weighted by Gasteiger charge is 2.25. The van der Waals surface area contributed by atoms with Gasteiger partial charge in [0.15, 0.2) is 0 Å². The second kappa shape index (κ2) is 2.25. The van der Waals surface area contributed by atoms with E-state index >= 15 is 0 Å². The van der Waals surface area contributed by atoms with Crippen molar-refractivity contribution in [1.29, 1.82) is 0 Å². The highest BCUT2D eigenvalue weighted by molar-refractivity contribution is 5.77. The molecule has 1 saturated heterocycles. The smallest absolute Gasteiger partial charge is 0.315 e. The van der Waals surface area contributed by atoms with Crippen molar-refractivity contribution in [2.75, 3.05) is 0 Å². The van der Waals surface area contributed by atoms with Crippen LogP contribution in [0, 0.1) is 0 Å². The SMILES string of the molecule is CC[C@H]1NC(=O)N[C@@H]1C. The molecule has 3 heteroatoms. The fourth-order valence-electron chi connectivity index (χ4n) is 1.10. The van der Waals surface area contributed by atoms with Crippen LogP contribution in [-0.2, 0) is 0 Å². The van der Waals surface area contributed by atoms with Gasteiger partial charge >= 0.3 is 6.03 Å². The standard InChI is InChI=1S/C6H12N2O/c1-3-5-4(2)7-6(9)8-5/h4-5H,3H2,1-2H3,(H2,7,8,9)/t4-,5-/m1/s1. The molecular formula is C6H12N2O. The van der Waals surface area contributed by atoms with Gasteiger partial charge in [0.25, 0.3) is 0 Å². The van der Waals surface area contributed by atoms with E-state index in [0.29, 0.717) is 12.1 Å². The van der Waals surface area contributed by atoms with Crippen molar-refractivity contribution in [2.24, 2.45) is 0 Å². The Morgan fingerprint density at radius 2 is 2.22 bits per heavy atom. The zero-order valence-corrected chi connectivity index (χ0v) is 5.77. The highest BCUT2D eigenvalue weighted by atomic mass is 16.2. The summed E-state index contributed by atoms with van der Waals surface area (Å²) < 4.78 is 0. The van der Waals surface area contributed by atoms with E-state index < -0.39 is 0 Å². The van der Waals surface area contributed by atoms with E-state index in [9.17, 15) is 4.79 Å². The molecule has 1 aliphatic heterocycles. The maximum Gasteiger partial charge on any atom is 0.315 e. The number of rotatable bonds is 1. The molecule has 0 spiro atoms. The summed E-state index contributed by atoms with van der Waals surface area (Å²) in [4.78, 5) is 10.6. The van der Waals surface area contributed by atoms with E-state index in [0.717, 1.165) is 6.42 Å². The van der Waals surface area contributed by atoms with Gasteiger partial charge in [0.1, 0.15) is 0 Å². The molecule has 9 heavy (non-hydrogen) atoms. The van der Waals surface area contributed by atoms with Gasteiger partial charge in [0, 0.05) is 6.04 Å². The van der Waals surface area contributed by atoms with Crippen LogP contribution in [0.4, 0.5) is 4.79 Å². The molecule has 0 radical (unpaired) electrons. The lowest BCUT2D eigenvalue weighted by molar-refractivity contribution is 0.247. The number of carbonyl (C=O) groups is 1. The van der Waals surface area contributed by atoms with Gasteiger partial charge in [-0.15, -0.1) is 0 Å². The molecule has 0 aromatic heterocycles. The van der Waals surface area contributed by atoms with Crippen molar-refractivity contribution in [3.05, 3.63) is 0 Å². The summed E-state index contributed by atoms with van der Waals surface area (Å²) in [6.45, 7) is 4.07. The Hall–Kier alpha value is -0.730. The van der Waals surface area contributed by atoms with Gasteiger partial charge in [-0.1, -0.05) is 6.92 Å². The van der Waals surface area contributed by atoms with Gasteiger partial charge < -0.3 is 10.6 Å². The summed E-state index contributed by atoms with van der Waals surface area (Å²) in [5, 5.41) is 5.57. The number of hydrogen-bond donors (Lipinski definition) is 2. The molecule has 0 aliphatic carbocycles. The molecule has 1 fully saturated rings. The molecule has 1 heterocycles. The quantitative estimate of drug-likeness (QED) is 0.529. The van der Waals surface area contributed by atoms with E-state index in [1.807, 2.05) is 6.92 Å². The first-order valence-corrected chi connectivity index (χ1v) is 3.31. The van der Waals surface area contributed by atoms with Crippen molar-refractivity contribution in [3.8, 4) is 0 Å². The number of hydrogen-bond acceptors (Lipinski definition) is 1. The molecule has 1 aliphatic rings. The van der Waals surface area contributed by atoms with Gasteiger partial charge in [-0.25, -0.2) is 4.79 Å². The number of amides is 2. The van der Waals surface area contributed by atoms with Crippen LogP contribution in [0.25, 0.3) is 0 Å². The maximum absolute atomic E-state index is 10.6. The molecule has 2 atom stereocenters. The summed E-state index contributed by atoms with van der Waals surface area (Å²) in [6, 6.07) is 0.592. The van der Waals surface area contributed by atoms with Crippen LogP contribution in [0.5, 0.6) is 0 Å². The monoisotopic (exact) mass is 128 g/mol. The van der Waals surface area contributed by atoms with E-state index in [1.165, 1.54) is 0 Å². The molecule has 0 unspecified atom stereocenters. The number of carbonyl (C=O) groups excluding carboxylic acids is 1. The lowest BCUT2D eigenvalue weighted by Gasteiger charge is -2.09. The fourth-order valence-corrected chi connectivity index (χ4v) is 1.10. The topological polar surface area (TPSA) is 41.1 Å². The summed E-state index contributed by atoms with van der Waals surface area (Å²) in [7, 11) is 0. The van der Waals surface area contributed by atoms with E-state index in [1.54, 1.807) is 0 Å². The third-order valence-electron chi connectivity index (χ3n) is 1.72. The number of urea groups is 1. The molecule has 52 valence electrons. The Balaban J connectivity index is 2.47. The van der Waals surface area contributed by atoms with Crippen molar-refractivity contribution in [3.63, 3.8) is 0 Å². The third-order valence-corrected chi connectivity index (χ3v) is 1.72. The van der Waals surface area contributed by atoms with Crippen molar-refractivity contribution < 1.29 is 4.79 Å². The lowest BCUT2D eigenvalue weighted by atomic mass is 10.1. The van der Waals surface area contributed by atoms with E-state index in [-0.39, 0.29) is 6.03 Å². The first-order valence-electron chi connectivity index (χ1n) is 3.31. The Morgan fingerprint density at radius 1 is 1.56 bits per heavy atom. The number of nitrogens with one attached hydrogen (secondary N) is 2. The Morgan fingerprint density at radius 3 is 2.44 bits per heavy atom. The van der Waals surface area contributed by atoms with Crippen molar-refractivity contribution in [2.45, 2.75) is 32.4 Å². The first-order chi connectivity index (χ1) is 4.24. The lowest BCUT2D eigenvalue weighted by Crippen LogP contribution is -2.29. The summed E-state index contributed by atoms with van der Waals surface area (Å²) >= 11 is 0. The molecule has 0 aromatic rings. The van der Waals surface area contributed by atoms with Crippen LogP contribution < -0.4 is 10.6 Å². The second-order valence-electron chi connectivity index (χ2n) is 2.42. The molecule has 0 bridgehead atoms. The van der Waals surface area contributed by atoms with Gasteiger partial charge in [-0.3, -0.25) is 0 Å². The Bertz CT molecular complexity index is 124. The molecule has 0 saturated carbocycles. The zero-order valence-electron chi connectivity index (χ0n) is 5.77. The average molecular weight is 128 g/mol. The minimum absolute atomic E-state index is 0.0330. The Labute approximate surface area is 54.8 Å². The molecule has 1 rings (SSSR count). The Kier molecular flexibility index (Phi) is 1.60. The summed E-state index contributed by atoms with van der Waals surface area (Å²) in [6.07, 6.45) is 1.000. The van der Waals surface area contributed by atoms with Gasteiger partial charge in [0.2, 0.25) is 0 Å². The molecule has 0 aromatic carbocycles. The van der Waals surface area contributed by atoms with Gasteiger partial charge in [-0.05, 0) is 13.3 Å². The molecule has 2 amide bonds. The summed E-state index contributed by atoms with van der Waals surface area (Å²) in [5.41, 5.74) is 0. The van der Waals surface area contributed by atoms with E-state index in [2.05, 4.69) is 17.6 Å². The predicted octanol–water partition coefficient (Wildman–Crippen LogP) is 0.466. The maximum atomic E-state index is 10.6. The van der Waals surface area contributed by atoms with Crippen LogP contribution in [0.15, 0.2) is 0 Å². The highest BCUT2D eigenvalue weighted by Crippen LogP contribution is 2.03. The largest absolute Gasteiger partial charge is 0.334 e. The second-order valence-corrected chi connectivity index (χ2v) is 2.42. The molecule has 2 N–H and O–H groups in total. The van der Waals surface area contributed by atoms with Crippen LogP contribution >= 0.6 is 0 Å². The summed E-state index contributed by atoms with van der Waals surface area (Å²) in [5.74, 6) is 0. The van der Waals surface area contributed by atoms with Crippen molar-refractivity contribution in [1.82, 2.24) is 10.6 Å². The van der Waals surface area contributed by atoms with Crippen LogP contribution in [0.3, 0.4) is 0 Å².